The standard InChI is InChI=1S/C15H16N2O2S/c1-17-14(18)7-6-12(15(17)19)16-8-10-9-20-13-5-3-2-4-11(10)13/h2-5,9,12,16H,6-8H2,1H3. The smallest absolute Gasteiger partial charge is 0.246 e. The quantitative estimate of drug-likeness (QED) is 0.880. The van der Waals surface area contributed by atoms with Crippen molar-refractivity contribution >= 4 is 33.2 Å². The first-order valence-electron chi connectivity index (χ1n) is 6.65. The van der Waals surface area contributed by atoms with Crippen LogP contribution in [0.1, 0.15) is 18.4 Å². The lowest BCUT2D eigenvalue weighted by Crippen LogP contribution is -2.51. The average Bonchev–Trinajstić information content (AvgIpc) is 2.87. The molecule has 1 saturated heterocycles. The molecule has 1 aliphatic rings. The summed E-state index contributed by atoms with van der Waals surface area (Å²) in [5, 5.41) is 6.64. The van der Waals surface area contributed by atoms with E-state index in [1.54, 1.807) is 18.4 Å². The van der Waals surface area contributed by atoms with Crippen LogP contribution in [0.15, 0.2) is 29.6 Å². The largest absolute Gasteiger partial charge is 0.302 e. The maximum Gasteiger partial charge on any atom is 0.246 e. The number of carbonyl (C=O) groups excluding carboxylic acids is 2. The number of amides is 2. The van der Waals surface area contributed by atoms with Crippen molar-refractivity contribution in [3.8, 4) is 0 Å². The zero-order valence-corrected chi connectivity index (χ0v) is 12.1. The van der Waals surface area contributed by atoms with Gasteiger partial charge in [-0.3, -0.25) is 14.5 Å². The van der Waals surface area contributed by atoms with E-state index >= 15 is 0 Å². The summed E-state index contributed by atoms with van der Waals surface area (Å²) >= 11 is 1.71. The lowest BCUT2D eigenvalue weighted by molar-refractivity contribution is -0.148. The van der Waals surface area contributed by atoms with Gasteiger partial charge in [-0.25, -0.2) is 0 Å². The molecule has 0 bridgehead atoms. The number of fused-ring (bicyclic) bond motifs is 1. The third-order valence-electron chi connectivity index (χ3n) is 3.75. The molecular weight excluding hydrogens is 272 g/mol. The van der Waals surface area contributed by atoms with E-state index in [1.807, 2.05) is 12.1 Å². The number of thiophene rings is 1. The van der Waals surface area contributed by atoms with Gasteiger partial charge in [-0.05, 0) is 28.8 Å². The third-order valence-corrected chi connectivity index (χ3v) is 4.76. The van der Waals surface area contributed by atoms with Gasteiger partial charge in [0.05, 0.1) is 6.04 Å². The fourth-order valence-corrected chi connectivity index (χ4v) is 3.47. The third kappa shape index (κ3) is 2.34. The van der Waals surface area contributed by atoms with Gasteiger partial charge in [0.1, 0.15) is 0 Å². The number of rotatable bonds is 3. The molecule has 0 aliphatic carbocycles. The normalized spacial score (nSPS) is 19.9. The van der Waals surface area contributed by atoms with Crippen LogP contribution in [0.2, 0.25) is 0 Å². The predicted octanol–water partition coefficient (Wildman–Crippen LogP) is 2.14. The van der Waals surface area contributed by atoms with Gasteiger partial charge >= 0.3 is 0 Å². The number of likely N-dealkylation sites (N-methyl/N-ethyl adjacent to an activating group) is 1. The van der Waals surface area contributed by atoms with Crippen molar-refractivity contribution in [1.82, 2.24) is 10.2 Å². The maximum atomic E-state index is 12.0. The second kappa shape index (κ2) is 5.34. The zero-order chi connectivity index (χ0) is 14.1. The molecule has 2 amide bonds. The van der Waals surface area contributed by atoms with Crippen molar-refractivity contribution in [3.63, 3.8) is 0 Å². The van der Waals surface area contributed by atoms with Crippen LogP contribution < -0.4 is 5.32 Å². The molecule has 0 spiro atoms. The summed E-state index contributed by atoms with van der Waals surface area (Å²) < 4.78 is 1.26. The van der Waals surface area contributed by atoms with Gasteiger partial charge in [0.25, 0.3) is 0 Å². The maximum absolute atomic E-state index is 12.0. The molecule has 1 aromatic carbocycles. The van der Waals surface area contributed by atoms with Crippen molar-refractivity contribution in [2.45, 2.75) is 25.4 Å². The van der Waals surface area contributed by atoms with Crippen LogP contribution in [-0.2, 0) is 16.1 Å². The molecule has 4 nitrogen and oxygen atoms in total. The van der Waals surface area contributed by atoms with Crippen molar-refractivity contribution in [3.05, 3.63) is 35.2 Å². The van der Waals surface area contributed by atoms with Crippen LogP contribution >= 0.6 is 11.3 Å². The lowest BCUT2D eigenvalue weighted by Gasteiger charge is -2.28. The highest BCUT2D eigenvalue weighted by atomic mass is 32.1. The molecule has 20 heavy (non-hydrogen) atoms. The molecule has 1 fully saturated rings. The summed E-state index contributed by atoms with van der Waals surface area (Å²) in [6, 6.07) is 8.00. The van der Waals surface area contributed by atoms with Crippen molar-refractivity contribution in [2.75, 3.05) is 7.05 Å². The van der Waals surface area contributed by atoms with E-state index in [0.29, 0.717) is 19.4 Å². The molecule has 2 heterocycles. The summed E-state index contributed by atoms with van der Waals surface area (Å²) in [5.74, 6) is -0.213. The van der Waals surface area contributed by atoms with E-state index in [-0.39, 0.29) is 17.9 Å². The van der Waals surface area contributed by atoms with Crippen molar-refractivity contribution < 1.29 is 9.59 Å². The summed E-state index contributed by atoms with van der Waals surface area (Å²) in [7, 11) is 1.55. The summed E-state index contributed by atoms with van der Waals surface area (Å²) in [6.07, 6.45) is 1.02. The zero-order valence-electron chi connectivity index (χ0n) is 11.3. The molecule has 1 atom stereocenters. The lowest BCUT2D eigenvalue weighted by atomic mass is 10.0. The van der Waals surface area contributed by atoms with Crippen LogP contribution in [0, 0.1) is 0 Å². The van der Waals surface area contributed by atoms with Crippen molar-refractivity contribution in [2.24, 2.45) is 0 Å². The van der Waals surface area contributed by atoms with Crippen LogP contribution in [0.5, 0.6) is 0 Å². The van der Waals surface area contributed by atoms with E-state index in [0.717, 1.165) is 0 Å². The fraction of sp³-hybridized carbons (Fsp3) is 0.333. The van der Waals surface area contributed by atoms with Crippen LogP contribution in [-0.4, -0.2) is 29.8 Å². The predicted molar refractivity (Wildman–Crippen MR) is 79.5 cm³/mol. The van der Waals surface area contributed by atoms with Gasteiger partial charge in [0.2, 0.25) is 11.8 Å². The van der Waals surface area contributed by atoms with Crippen LogP contribution in [0.4, 0.5) is 0 Å². The van der Waals surface area contributed by atoms with Gasteiger partial charge < -0.3 is 5.32 Å². The number of benzene rings is 1. The first-order chi connectivity index (χ1) is 9.66. The topological polar surface area (TPSA) is 49.4 Å². The Hall–Kier alpha value is -1.72. The number of nitrogens with one attached hydrogen (secondary N) is 1. The molecule has 104 valence electrons. The minimum Gasteiger partial charge on any atom is -0.302 e. The van der Waals surface area contributed by atoms with E-state index < -0.39 is 0 Å². The highest BCUT2D eigenvalue weighted by molar-refractivity contribution is 7.17. The Kier molecular flexibility index (Phi) is 3.54. The molecule has 1 N–H and O–H groups in total. The highest BCUT2D eigenvalue weighted by Crippen LogP contribution is 2.25. The van der Waals surface area contributed by atoms with Crippen molar-refractivity contribution in [1.29, 1.82) is 0 Å². The van der Waals surface area contributed by atoms with Gasteiger partial charge in [0, 0.05) is 24.7 Å². The van der Waals surface area contributed by atoms with Gasteiger partial charge in [0.15, 0.2) is 0 Å². The highest BCUT2D eigenvalue weighted by Gasteiger charge is 2.31. The Morgan fingerprint density at radius 2 is 2.15 bits per heavy atom. The van der Waals surface area contributed by atoms with E-state index in [9.17, 15) is 9.59 Å². The Balaban J connectivity index is 1.71. The number of hydrogen-bond donors (Lipinski definition) is 1. The minimum atomic E-state index is -0.253. The number of piperidine rings is 1. The molecule has 0 saturated carbocycles. The minimum absolute atomic E-state index is 0.0889. The SMILES string of the molecule is CN1C(=O)CCC(NCc2csc3ccccc23)C1=O. The van der Waals surface area contributed by atoms with Crippen LogP contribution in [0.3, 0.4) is 0 Å². The van der Waals surface area contributed by atoms with E-state index in [1.165, 1.54) is 20.5 Å². The number of carbonyl (C=O) groups is 2. The Labute approximate surface area is 121 Å². The number of hydrogen-bond acceptors (Lipinski definition) is 4. The van der Waals surface area contributed by atoms with Crippen LogP contribution in [0.25, 0.3) is 10.1 Å². The monoisotopic (exact) mass is 288 g/mol. The number of nitrogens with zero attached hydrogens (tertiary/aromatic N) is 1. The molecule has 2 aromatic rings. The second-order valence-electron chi connectivity index (χ2n) is 5.02. The Morgan fingerprint density at radius 3 is 3.00 bits per heavy atom. The molecule has 3 rings (SSSR count). The summed E-state index contributed by atoms with van der Waals surface area (Å²) in [5.41, 5.74) is 1.21. The van der Waals surface area contributed by atoms with E-state index in [4.69, 9.17) is 0 Å². The first-order valence-corrected chi connectivity index (χ1v) is 7.53. The molecule has 0 radical (unpaired) electrons. The molecule has 1 aromatic heterocycles. The second-order valence-corrected chi connectivity index (χ2v) is 5.93. The molecular formula is C15H16N2O2S. The summed E-state index contributed by atoms with van der Waals surface area (Å²) in [6.45, 7) is 0.655. The number of likely N-dealkylation sites (tertiary alicyclic amines) is 1. The Bertz CT molecular complexity index is 665. The summed E-state index contributed by atoms with van der Waals surface area (Å²) in [4.78, 5) is 24.7. The Morgan fingerprint density at radius 1 is 1.35 bits per heavy atom. The molecule has 5 heteroatoms. The molecule has 1 unspecified atom stereocenters. The molecule has 1 aliphatic heterocycles. The van der Waals surface area contributed by atoms with E-state index in [2.05, 4.69) is 22.8 Å². The van der Waals surface area contributed by atoms with Gasteiger partial charge in [-0.2, -0.15) is 0 Å². The first kappa shape index (κ1) is 13.3. The number of imide groups is 1. The average molecular weight is 288 g/mol. The fourth-order valence-electron chi connectivity index (χ4n) is 2.51. The van der Waals surface area contributed by atoms with Gasteiger partial charge in [-0.15, -0.1) is 11.3 Å². The van der Waals surface area contributed by atoms with Gasteiger partial charge in [-0.1, -0.05) is 18.2 Å².